The molecule has 0 saturated heterocycles. The highest BCUT2D eigenvalue weighted by Gasteiger charge is 2.27. The molecule has 0 radical (unpaired) electrons. The first-order chi connectivity index (χ1) is 17.7. The van der Waals surface area contributed by atoms with Gasteiger partial charge in [-0.15, -0.1) is 21.5 Å². The van der Waals surface area contributed by atoms with Gasteiger partial charge in [-0.1, -0.05) is 23.4 Å². The standard InChI is InChI=1S/C23H24ClFN4O6S2/c1-5-33-21(31)18-12(3)19(22(32)34-6-2)37-20(18)26-17(30)11-36-23-28-27-16(29(23)4)10-35-15-8-7-13(25)9-14(15)24/h7-9H,5-6,10-11H2,1-4H3,(H,26,30). The van der Waals surface area contributed by atoms with E-state index in [0.717, 1.165) is 29.2 Å². The highest BCUT2D eigenvalue weighted by Crippen LogP contribution is 2.34. The van der Waals surface area contributed by atoms with E-state index in [4.69, 9.17) is 25.8 Å². The maximum absolute atomic E-state index is 13.2. The Morgan fingerprint density at radius 1 is 1.16 bits per heavy atom. The van der Waals surface area contributed by atoms with Crippen molar-refractivity contribution in [2.24, 2.45) is 7.05 Å². The predicted molar refractivity (Wildman–Crippen MR) is 137 cm³/mol. The number of benzene rings is 1. The van der Waals surface area contributed by atoms with Crippen molar-refractivity contribution >= 4 is 57.5 Å². The summed E-state index contributed by atoms with van der Waals surface area (Å²) in [5.74, 6) is -1.42. The molecule has 2 heterocycles. The number of rotatable bonds is 11. The number of thioether (sulfide) groups is 1. The molecule has 0 saturated carbocycles. The Labute approximate surface area is 225 Å². The Hall–Kier alpha value is -3.16. The molecule has 0 fully saturated rings. The average molecular weight is 571 g/mol. The lowest BCUT2D eigenvalue weighted by Crippen LogP contribution is -2.17. The van der Waals surface area contributed by atoms with E-state index in [9.17, 15) is 18.8 Å². The van der Waals surface area contributed by atoms with Crippen molar-refractivity contribution in [1.29, 1.82) is 0 Å². The molecule has 0 spiro atoms. The third-order valence-corrected chi connectivity index (χ3v) is 7.35. The number of anilines is 1. The average Bonchev–Trinajstić information content (AvgIpc) is 3.36. The summed E-state index contributed by atoms with van der Waals surface area (Å²) in [6, 6.07) is 3.79. The van der Waals surface area contributed by atoms with Gasteiger partial charge in [-0.05, 0) is 44.5 Å². The second-order valence-corrected chi connectivity index (χ2v) is 9.73. The molecule has 0 unspecified atom stereocenters. The Morgan fingerprint density at radius 3 is 2.54 bits per heavy atom. The maximum Gasteiger partial charge on any atom is 0.348 e. The molecule has 1 aromatic carbocycles. The topological polar surface area (TPSA) is 122 Å². The van der Waals surface area contributed by atoms with E-state index in [0.29, 0.717) is 22.3 Å². The Balaban J connectivity index is 1.66. The number of thiophene rings is 1. The summed E-state index contributed by atoms with van der Waals surface area (Å²) in [5.41, 5.74) is 0.495. The van der Waals surface area contributed by atoms with Crippen LogP contribution in [0.15, 0.2) is 23.4 Å². The van der Waals surface area contributed by atoms with Crippen LogP contribution >= 0.6 is 34.7 Å². The van der Waals surface area contributed by atoms with Crippen LogP contribution in [0.3, 0.4) is 0 Å². The van der Waals surface area contributed by atoms with Gasteiger partial charge in [0.25, 0.3) is 0 Å². The van der Waals surface area contributed by atoms with Crippen LogP contribution in [0.25, 0.3) is 0 Å². The molecule has 3 aromatic rings. The summed E-state index contributed by atoms with van der Waals surface area (Å²) < 4.78 is 30.6. The number of halogens is 2. The number of aromatic nitrogens is 3. The minimum Gasteiger partial charge on any atom is -0.484 e. The van der Waals surface area contributed by atoms with E-state index in [2.05, 4.69) is 15.5 Å². The highest BCUT2D eigenvalue weighted by molar-refractivity contribution is 7.99. The zero-order valence-corrected chi connectivity index (χ0v) is 22.8. The van der Waals surface area contributed by atoms with Gasteiger partial charge in [0.1, 0.15) is 28.1 Å². The van der Waals surface area contributed by atoms with Crippen molar-refractivity contribution in [2.75, 3.05) is 24.3 Å². The number of esters is 2. The molecule has 198 valence electrons. The van der Waals surface area contributed by atoms with E-state index in [1.54, 1.807) is 32.4 Å². The molecule has 0 aliphatic heterocycles. The van der Waals surface area contributed by atoms with Gasteiger partial charge in [-0.3, -0.25) is 4.79 Å². The number of carbonyl (C=O) groups excluding carboxylic acids is 3. The summed E-state index contributed by atoms with van der Waals surface area (Å²) >= 11 is 8.04. The Bertz CT molecular complexity index is 1310. The van der Waals surface area contributed by atoms with Crippen LogP contribution in [0.5, 0.6) is 5.75 Å². The second kappa shape index (κ2) is 12.9. The number of nitrogens with zero attached hydrogens (tertiary/aromatic N) is 3. The van der Waals surface area contributed by atoms with Crippen molar-refractivity contribution < 1.29 is 33.0 Å². The summed E-state index contributed by atoms with van der Waals surface area (Å²) in [7, 11) is 1.71. The Morgan fingerprint density at radius 2 is 1.86 bits per heavy atom. The van der Waals surface area contributed by atoms with Gasteiger partial charge in [-0.25, -0.2) is 14.0 Å². The molecule has 14 heteroatoms. The Kier molecular flexibility index (Phi) is 9.89. The number of amides is 1. The first-order valence-electron chi connectivity index (χ1n) is 11.0. The largest absolute Gasteiger partial charge is 0.484 e. The first-order valence-corrected chi connectivity index (χ1v) is 13.2. The summed E-state index contributed by atoms with van der Waals surface area (Å²) in [6.45, 7) is 5.27. The molecule has 0 aliphatic carbocycles. The summed E-state index contributed by atoms with van der Waals surface area (Å²) in [4.78, 5) is 37.7. The molecule has 0 bridgehead atoms. The third kappa shape index (κ3) is 6.99. The monoisotopic (exact) mass is 570 g/mol. The fourth-order valence-electron chi connectivity index (χ4n) is 3.07. The molecule has 1 amide bonds. The minimum absolute atomic E-state index is 0.0234. The van der Waals surface area contributed by atoms with Crippen molar-refractivity contribution in [3.8, 4) is 5.75 Å². The van der Waals surface area contributed by atoms with E-state index < -0.39 is 23.7 Å². The first kappa shape index (κ1) is 28.4. The molecule has 3 rings (SSSR count). The third-order valence-electron chi connectivity index (χ3n) is 4.85. The zero-order valence-electron chi connectivity index (χ0n) is 20.4. The van der Waals surface area contributed by atoms with Gasteiger partial charge in [0.2, 0.25) is 5.91 Å². The number of nitrogens with one attached hydrogen (secondary N) is 1. The van der Waals surface area contributed by atoms with Crippen LogP contribution in [-0.4, -0.2) is 51.6 Å². The quantitative estimate of drug-likeness (QED) is 0.259. The van der Waals surface area contributed by atoms with E-state index in [1.807, 2.05) is 0 Å². The van der Waals surface area contributed by atoms with Crippen molar-refractivity contribution in [3.63, 3.8) is 0 Å². The van der Waals surface area contributed by atoms with Crippen LogP contribution in [0, 0.1) is 12.7 Å². The van der Waals surface area contributed by atoms with Crippen LogP contribution < -0.4 is 10.1 Å². The van der Waals surface area contributed by atoms with Crippen LogP contribution in [0.1, 0.15) is 45.3 Å². The van der Waals surface area contributed by atoms with Gasteiger partial charge < -0.3 is 24.1 Å². The molecule has 2 aromatic heterocycles. The van der Waals surface area contributed by atoms with E-state index in [1.165, 1.54) is 12.1 Å². The van der Waals surface area contributed by atoms with Gasteiger partial charge in [0, 0.05) is 7.05 Å². The number of ether oxygens (including phenoxy) is 3. The SMILES string of the molecule is CCOC(=O)c1sc(NC(=O)CSc2nnc(COc3ccc(F)cc3Cl)n2C)c(C(=O)OCC)c1C. The van der Waals surface area contributed by atoms with E-state index >= 15 is 0 Å². The summed E-state index contributed by atoms with van der Waals surface area (Å²) in [5, 5.41) is 11.6. The van der Waals surface area contributed by atoms with Crippen LogP contribution in [0.4, 0.5) is 9.39 Å². The fraction of sp³-hybridized carbons (Fsp3) is 0.348. The van der Waals surface area contributed by atoms with Gasteiger partial charge in [-0.2, -0.15) is 0 Å². The predicted octanol–water partition coefficient (Wildman–Crippen LogP) is 4.64. The molecule has 37 heavy (non-hydrogen) atoms. The van der Waals surface area contributed by atoms with Crippen molar-refractivity contribution in [3.05, 3.63) is 50.9 Å². The van der Waals surface area contributed by atoms with Crippen molar-refractivity contribution in [2.45, 2.75) is 32.5 Å². The summed E-state index contributed by atoms with van der Waals surface area (Å²) in [6.07, 6.45) is 0. The van der Waals surface area contributed by atoms with Crippen LogP contribution in [0.2, 0.25) is 5.02 Å². The fourth-order valence-corrected chi connectivity index (χ4v) is 5.12. The molecule has 10 nitrogen and oxygen atoms in total. The van der Waals surface area contributed by atoms with Gasteiger partial charge in [0.15, 0.2) is 11.0 Å². The molecule has 0 aliphatic rings. The normalized spacial score (nSPS) is 10.8. The van der Waals surface area contributed by atoms with Crippen LogP contribution in [-0.2, 0) is 27.9 Å². The minimum atomic E-state index is -0.644. The van der Waals surface area contributed by atoms with Crippen molar-refractivity contribution in [1.82, 2.24) is 14.8 Å². The lowest BCUT2D eigenvalue weighted by atomic mass is 10.1. The van der Waals surface area contributed by atoms with Gasteiger partial charge in [0.05, 0.1) is 29.6 Å². The molecule has 1 N–H and O–H groups in total. The number of carbonyl (C=O) groups is 3. The number of hydrogen-bond acceptors (Lipinski definition) is 10. The zero-order chi connectivity index (χ0) is 27.1. The molecule has 0 atom stereocenters. The lowest BCUT2D eigenvalue weighted by Gasteiger charge is -2.08. The molecular formula is C23H24ClFN4O6S2. The molecular weight excluding hydrogens is 547 g/mol. The number of hydrogen-bond donors (Lipinski definition) is 1. The van der Waals surface area contributed by atoms with E-state index in [-0.39, 0.29) is 46.0 Å². The smallest absolute Gasteiger partial charge is 0.348 e. The highest BCUT2D eigenvalue weighted by atomic mass is 35.5. The lowest BCUT2D eigenvalue weighted by molar-refractivity contribution is -0.113. The second-order valence-electron chi connectivity index (χ2n) is 7.36. The van der Waals surface area contributed by atoms with Gasteiger partial charge >= 0.3 is 11.9 Å². The maximum atomic E-state index is 13.2.